The van der Waals surface area contributed by atoms with Gasteiger partial charge in [0.2, 0.25) is 17.8 Å². The van der Waals surface area contributed by atoms with E-state index in [1.165, 1.54) is 0 Å². The summed E-state index contributed by atoms with van der Waals surface area (Å²) in [5, 5.41) is 18.0. The SMILES string of the molecule is O=C(O)CCCC(=O)Nc1nc2n(n1)C(c1ccccc1)CC(=O)N2. The summed E-state index contributed by atoms with van der Waals surface area (Å²) >= 11 is 0. The number of rotatable bonds is 6. The van der Waals surface area contributed by atoms with Crippen molar-refractivity contribution in [2.24, 2.45) is 0 Å². The number of fused-ring (bicyclic) bond motifs is 1. The molecule has 1 atom stereocenters. The number of benzene rings is 1. The van der Waals surface area contributed by atoms with E-state index in [0.29, 0.717) is 0 Å². The molecule has 1 aliphatic rings. The molecule has 0 bridgehead atoms. The third-order valence-corrected chi connectivity index (χ3v) is 3.79. The van der Waals surface area contributed by atoms with Gasteiger partial charge in [0.05, 0.1) is 12.5 Å². The molecule has 0 spiro atoms. The Hall–Kier alpha value is -3.23. The summed E-state index contributed by atoms with van der Waals surface area (Å²) in [7, 11) is 0. The minimum Gasteiger partial charge on any atom is -0.481 e. The molecule has 9 heteroatoms. The number of carbonyl (C=O) groups excluding carboxylic acids is 2. The number of carboxylic acids is 1. The van der Waals surface area contributed by atoms with Crippen LogP contribution in [0.2, 0.25) is 0 Å². The van der Waals surface area contributed by atoms with Crippen molar-refractivity contribution in [1.82, 2.24) is 14.8 Å². The van der Waals surface area contributed by atoms with E-state index in [-0.39, 0.29) is 55.4 Å². The van der Waals surface area contributed by atoms with Crippen molar-refractivity contribution in [1.29, 1.82) is 0 Å². The van der Waals surface area contributed by atoms with Gasteiger partial charge in [-0.05, 0) is 12.0 Å². The summed E-state index contributed by atoms with van der Waals surface area (Å²) in [5.74, 6) is -1.14. The second-order valence-corrected chi connectivity index (χ2v) is 5.68. The minimum atomic E-state index is -0.947. The van der Waals surface area contributed by atoms with Crippen molar-refractivity contribution < 1.29 is 19.5 Å². The van der Waals surface area contributed by atoms with Crippen molar-refractivity contribution in [2.75, 3.05) is 10.6 Å². The molecule has 9 nitrogen and oxygen atoms in total. The lowest BCUT2D eigenvalue weighted by atomic mass is 10.0. The Labute approximate surface area is 143 Å². The van der Waals surface area contributed by atoms with Crippen molar-refractivity contribution in [3.63, 3.8) is 0 Å². The van der Waals surface area contributed by atoms with Gasteiger partial charge in [-0.25, -0.2) is 4.68 Å². The van der Waals surface area contributed by atoms with Crippen LogP contribution in [0.5, 0.6) is 0 Å². The second kappa shape index (κ2) is 7.12. The molecule has 25 heavy (non-hydrogen) atoms. The van der Waals surface area contributed by atoms with Crippen LogP contribution in [-0.2, 0) is 14.4 Å². The summed E-state index contributed by atoms with van der Waals surface area (Å²) in [6.45, 7) is 0. The van der Waals surface area contributed by atoms with E-state index in [9.17, 15) is 14.4 Å². The molecule has 130 valence electrons. The Morgan fingerprint density at radius 2 is 2.04 bits per heavy atom. The fraction of sp³-hybridized carbons (Fsp3) is 0.312. The molecular weight excluding hydrogens is 326 g/mol. The predicted octanol–water partition coefficient (Wildman–Crippen LogP) is 1.40. The fourth-order valence-corrected chi connectivity index (χ4v) is 2.64. The molecule has 2 amide bonds. The molecule has 0 fully saturated rings. The highest BCUT2D eigenvalue weighted by molar-refractivity contribution is 5.92. The largest absolute Gasteiger partial charge is 0.481 e. The monoisotopic (exact) mass is 343 g/mol. The number of anilines is 2. The topological polar surface area (TPSA) is 126 Å². The Morgan fingerprint density at radius 3 is 2.76 bits per heavy atom. The van der Waals surface area contributed by atoms with Crippen LogP contribution in [0.15, 0.2) is 30.3 Å². The van der Waals surface area contributed by atoms with Gasteiger partial charge in [-0.2, -0.15) is 4.98 Å². The normalized spacial score (nSPS) is 16.0. The van der Waals surface area contributed by atoms with Crippen molar-refractivity contribution in [3.05, 3.63) is 35.9 Å². The van der Waals surface area contributed by atoms with E-state index in [4.69, 9.17) is 5.11 Å². The molecule has 0 aliphatic carbocycles. The number of hydrogen-bond donors (Lipinski definition) is 3. The lowest BCUT2D eigenvalue weighted by Gasteiger charge is -2.23. The van der Waals surface area contributed by atoms with Gasteiger partial charge in [0.1, 0.15) is 0 Å². The smallest absolute Gasteiger partial charge is 0.303 e. The summed E-state index contributed by atoms with van der Waals surface area (Å²) < 4.78 is 1.57. The third-order valence-electron chi connectivity index (χ3n) is 3.79. The maximum absolute atomic E-state index is 11.9. The van der Waals surface area contributed by atoms with E-state index in [1.807, 2.05) is 30.3 Å². The molecule has 0 radical (unpaired) electrons. The van der Waals surface area contributed by atoms with Gasteiger partial charge in [0, 0.05) is 12.8 Å². The van der Waals surface area contributed by atoms with E-state index in [0.717, 1.165) is 5.56 Å². The Bertz CT molecular complexity index is 802. The van der Waals surface area contributed by atoms with E-state index in [1.54, 1.807) is 4.68 Å². The van der Waals surface area contributed by atoms with Crippen LogP contribution < -0.4 is 10.6 Å². The van der Waals surface area contributed by atoms with Crippen LogP contribution in [0.3, 0.4) is 0 Å². The molecule has 2 aromatic rings. The van der Waals surface area contributed by atoms with E-state index < -0.39 is 5.97 Å². The lowest BCUT2D eigenvalue weighted by molar-refractivity contribution is -0.137. The number of aromatic nitrogens is 3. The third kappa shape index (κ3) is 4.00. The summed E-state index contributed by atoms with van der Waals surface area (Å²) in [4.78, 5) is 38.4. The van der Waals surface area contributed by atoms with Gasteiger partial charge in [0.25, 0.3) is 5.95 Å². The zero-order chi connectivity index (χ0) is 17.8. The molecule has 0 saturated heterocycles. The van der Waals surface area contributed by atoms with Crippen LogP contribution >= 0.6 is 0 Å². The highest BCUT2D eigenvalue weighted by atomic mass is 16.4. The van der Waals surface area contributed by atoms with E-state index in [2.05, 4.69) is 20.7 Å². The van der Waals surface area contributed by atoms with Crippen LogP contribution in [0.25, 0.3) is 0 Å². The highest BCUT2D eigenvalue weighted by Gasteiger charge is 2.29. The first kappa shape index (κ1) is 16.6. The van der Waals surface area contributed by atoms with Crippen molar-refractivity contribution >= 4 is 29.7 Å². The van der Waals surface area contributed by atoms with Crippen LogP contribution in [-0.4, -0.2) is 37.7 Å². The number of nitrogens with one attached hydrogen (secondary N) is 2. The molecule has 2 heterocycles. The first-order valence-electron chi connectivity index (χ1n) is 7.86. The zero-order valence-corrected chi connectivity index (χ0v) is 13.3. The summed E-state index contributed by atoms with van der Waals surface area (Å²) in [6, 6.07) is 9.15. The molecule has 1 aliphatic heterocycles. The standard InChI is InChI=1S/C16H17N5O4/c22-12(7-4-8-14(24)25)17-15-19-16-18-13(23)9-11(21(16)20-15)10-5-2-1-3-6-10/h1-3,5-6,11H,4,7-9H2,(H,24,25)(H2,17,18,19,20,22,23). The number of carbonyl (C=O) groups is 3. The maximum Gasteiger partial charge on any atom is 0.303 e. The first-order chi connectivity index (χ1) is 12.0. The lowest BCUT2D eigenvalue weighted by Crippen LogP contribution is -2.29. The quantitative estimate of drug-likeness (QED) is 0.728. The average molecular weight is 343 g/mol. The van der Waals surface area contributed by atoms with Gasteiger partial charge in [0.15, 0.2) is 0 Å². The van der Waals surface area contributed by atoms with Gasteiger partial charge in [-0.3, -0.25) is 25.0 Å². The molecular formula is C16H17N5O4. The molecule has 3 N–H and O–H groups in total. The Balaban J connectivity index is 1.74. The molecule has 1 aromatic carbocycles. The van der Waals surface area contributed by atoms with Crippen molar-refractivity contribution in [2.45, 2.75) is 31.7 Å². The molecule has 1 unspecified atom stereocenters. The van der Waals surface area contributed by atoms with Crippen LogP contribution in [0.4, 0.5) is 11.9 Å². The van der Waals surface area contributed by atoms with Gasteiger partial charge >= 0.3 is 5.97 Å². The molecule has 0 saturated carbocycles. The average Bonchev–Trinajstić information content (AvgIpc) is 2.96. The van der Waals surface area contributed by atoms with Gasteiger partial charge in [-0.1, -0.05) is 30.3 Å². The zero-order valence-electron chi connectivity index (χ0n) is 13.3. The van der Waals surface area contributed by atoms with Gasteiger partial charge in [-0.15, -0.1) is 5.10 Å². The Kier molecular flexibility index (Phi) is 4.73. The van der Waals surface area contributed by atoms with E-state index >= 15 is 0 Å². The molecule has 1 aromatic heterocycles. The highest BCUT2D eigenvalue weighted by Crippen LogP contribution is 2.29. The Morgan fingerprint density at radius 1 is 1.28 bits per heavy atom. The molecule has 3 rings (SSSR count). The number of hydrogen-bond acceptors (Lipinski definition) is 5. The predicted molar refractivity (Wildman–Crippen MR) is 88.0 cm³/mol. The fourth-order valence-electron chi connectivity index (χ4n) is 2.64. The van der Waals surface area contributed by atoms with Gasteiger partial charge < -0.3 is 5.11 Å². The number of carboxylic acid groups (broad SMARTS) is 1. The number of aliphatic carboxylic acids is 1. The second-order valence-electron chi connectivity index (χ2n) is 5.68. The van der Waals surface area contributed by atoms with Crippen molar-refractivity contribution in [3.8, 4) is 0 Å². The first-order valence-corrected chi connectivity index (χ1v) is 7.86. The minimum absolute atomic E-state index is 0.0602. The van der Waals surface area contributed by atoms with Crippen LogP contribution in [0.1, 0.15) is 37.3 Å². The number of amides is 2. The number of nitrogens with zero attached hydrogens (tertiary/aromatic N) is 3. The van der Waals surface area contributed by atoms with Crippen LogP contribution in [0, 0.1) is 0 Å². The summed E-state index contributed by atoms with van der Waals surface area (Å²) in [5.41, 5.74) is 0.919. The maximum atomic E-state index is 11.9. The summed E-state index contributed by atoms with van der Waals surface area (Å²) in [6.07, 6.45) is 0.446.